The van der Waals surface area contributed by atoms with E-state index >= 15 is 0 Å². The van der Waals surface area contributed by atoms with Crippen LogP contribution in [0, 0.1) is 0 Å². The van der Waals surface area contributed by atoms with E-state index in [2.05, 4.69) is 19.2 Å². The van der Waals surface area contributed by atoms with Gasteiger partial charge in [-0.25, -0.2) is 0 Å². The lowest BCUT2D eigenvalue weighted by Crippen LogP contribution is -2.66. The lowest BCUT2D eigenvalue weighted by molar-refractivity contribution is -0.379. The SMILES string of the molecule is CCCCCCCCCCCCCCCCCCCCCCCCCCCCCCCC(O)C(COC1OC(CO)C(OC2OC(CO)C(OC3OC(CO)C(O)C(O)C3O)C(O)C2O)C(O)C1O)NC(=O)CCCCCCCCCCCCCC. The molecule has 0 aromatic heterocycles. The van der Waals surface area contributed by atoms with Gasteiger partial charge >= 0.3 is 0 Å². The minimum atomic E-state index is -1.97. The van der Waals surface area contributed by atoms with Gasteiger partial charge in [-0.3, -0.25) is 4.79 Å². The van der Waals surface area contributed by atoms with Crippen LogP contribution in [0.5, 0.6) is 0 Å². The van der Waals surface area contributed by atoms with E-state index in [0.717, 1.165) is 44.9 Å². The Balaban J connectivity index is 1.37. The van der Waals surface area contributed by atoms with E-state index in [1.54, 1.807) is 0 Å². The van der Waals surface area contributed by atoms with Crippen molar-refractivity contribution in [2.75, 3.05) is 26.4 Å². The molecule has 0 saturated carbocycles. The Morgan fingerprint density at radius 3 is 1.01 bits per heavy atom. The van der Waals surface area contributed by atoms with E-state index in [0.29, 0.717) is 12.8 Å². The Morgan fingerprint density at radius 2 is 0.663 bits per heavy atom. The number of hydrogen-bond acceptors (Lipinski definition) is 18. The van der Waals surface area contributed by atoms with E-state index in [1.165, 1.54) is 212 Å². The molecule has 19 nitrogen and oxygen atoms in total. The Bertz CT molecular complexity index is 1570. The van der Waals surface area contributed by atoms with Crippen molar-refractivity contribution in [3.8, 4) is 0 Å². The molecule has 510 valence electrons. The van der Waals surface area contributed by atoms with Gasteiger partial charge in [0.25, 0.3) is 0 Å². The molecule has 3 rings (SSSR count). The lowest BCUT2D eigenvalue weighted by atomic mass is 9.96. The second kappa shape index (κ2) is 50.4. The first kappa shape index (κ1) is 79.0. The fraction of sp³-hybridized carbons (Fsp3) is 0.985. The van der Waals surface area contributed by atoms with Crippen LogP contribution >= 0.6 is 0 Å². The maximum absolute atomic E-state index is 13.4. The van der Waals surface area contributed by atoms with Gasteiger partial charge in [-0.05, 0) is 12.8 Å². The summed E-state index contributed by atoms with van der Waals surface area (Å²) in [5.74, 6) is -0.239. The monoisotopic (exact) mass is 1240 g/mol. The van der Waals surface area contributed by atoms with E-state index in [9.17, 15) is 61.0 Å². The van der Waals surface area contributed by atoms with Crippen molar-refractivity contribution in [3.05, 3.63) is 0 Å². The lowest BCUT2D eigenvalue weighted by Gasteiger charge is -2.48. The number of unbranched alkanes of at least 4 members (excludes halogenated alkanes) is 39. The molecule has 17 atom stereocenters. The number of rotatable bonds is 55. The zero-order valence-electron chi connectivity index (χ0n) is 53.8. The zero-order valence-corrected chi connectivity index (χ0v) is 53.8. The Morgan fingerprint density at radius 1 is 0.372 bits per heavy atom. The van der Waals surface area contributed by atoms with Crippen molar-refractivity contribution in [2.45, 2.75) is 394 Å². The average Bonchev–Trinajstić information content (AvgIpc) is 1.85. The Hall–Kier alpha value is -1.21. The first-order valence-electron chi connectivity index (χ1n) is 35.3. The molecule has 0 aromatic carbocycles. The third-order valence-electron chi connectivity index (χ3n) is 18.2. The van der Waals surface area contributed by atoms with Crippen LogP contribution in [0.4, 0.5) is 0 Å². The number of amides is 1. The number of carbonyl (C=O) groups excluding carboxylic acids is 1. The molecule has 3 fully saturated rings. The minimum absolute atomic E-state index is 0.239. The predicted octanol–water partition coefficient (Wildman–Crippen LogP) is 9.11. The van der Waals surface area contributed by atoms with Gasteiger partial charge in [-0.1, -0.05) is 271 Å². The molecule has 3 heterocycles. The highest BCUT2D eigenvalue weighted by atomic mass is 16.8. The summed E-state index contributed by atoms with van der Waals surface area (Å²) >= 11 is 0. The van der Waals surface area contributed by atoms with Gasteiger partial charge in [0.1, 0.15) is 73.2 Å². The number of aliphatic hydroxyl groups is 11. The van der Waals surface area contributed by atoms with Crippen LogP contribution in [0.2, 0.25) is 0 Å². The van der Waals surface area contributed by atoms with E-state index in [-0.39, 0.29) is 18.9 Å². The fourth-order valence-corrected chi connectivity index (χ4v) is 12.4. The van der Waals surface area contributed by atoms with Crippen molar-refractivity contribution >= 4 is 5.91 Å². The average molecular weight is 1240 g/mol. The standard InChI is InChI=1S/C67H129NO18/c1-3-5-7-9-11-13-15-17-18-19-20-21-22-23-24-25-26-27-28-29-30-31-32-33-34-36-38-40-42-44-51(72)50(68-55(73)45-43-41-39-37-35-16-14-12-10-8-6-4-2)49-81-65-61(79)58(76)63(53(47-70)83-65)86-67-62(80)59(77)64(54(48-71)84-67)85-66-60(78)57(75)56(74)52(46-69)82-66/h50-54,56-67,69-72,74-80H,3-49H2,1-2H3,(H,68,73). The van der Waals surface area contributed by atoms with E-state index in [1.807, 2.05) is 0 Å². The third-order valence-corrected chi connectivity index (χ3v) is 18.2. The number of carbonyl (C=O) groups is 1. The first-order valence-corrected chi connectivity index (χ1v) is 35.3. The molecule has 0 bridgehead atoms. The summed E-state index contributed by atoms with van der Waals surface area (Å²) in [4.78, 5) is 13.4. The summed E-state index contributed by atoms with van der Waals surface area (Å²) < 4.78 is 34.4. The molecule has 0 spiro atoms. The second-order valence-corrected chi connectivity index (χ2v) is 25.7. The molecule has 1 amide bonds. The molecule has 86 heavy (non-hydrogen) atoms. The molecule has 0 aromatic rings. The van der Waals surface area contributed by atoms with Gasteiger partial charge < -0.3 is 89.9 Å². The highest BCUT2D eigenvalue weighted by Gasteiger charge is 2.53. The summed E-state index contributed by atoms with van der Waals surface area (Å²) in [7, 11) is 0. The number of ether oxygens (including phenoxy) is 6. The highest BCUT2D eigenvalue weighted by molar-refractivity contribution is 5.76. The quantitative estimate of drug-likeness (QED) is 0.0253. The first-order chi connectivity index (χ1) is 41.8. The van der Waals surface area contributed by atoms with Crippen molar-refractivity contribution in [1.82, 2.24) is 5.32 Å². The van der Waals surface area contributed by atoms with Gasteiger partial charge in [-0.15, -0.1) is 0 Å². The van der Waals surface area contributed by atoms with Crippen LogP contribution in [-0.2, 0) is 33.2 Å². The molecule has 19 heteroatoms. The minimum Gasteiger partial charge on any atom is -0.394 e. The van der Waals surface area contributed by atoms with Crippen molar-refractivity contribution < 1.29 is 89.4 Å². The summed E-state index contributed by atoms with van der Waals surface area (Å²) in [5.41, 5.74) is 0. The van der Waals surface area contributed by atoms with Gasteiger partial charge in [0.05, 0.1) is 38.6 Å². The topological polar surface area (TPSA) is 307 Å². The van der Waals surface area contributed by atoms with Crippen LogP contribution < -0.4 is 5.32 Å². The van der Waals surface area contributed by atoms with Gasteiger partial charge in [0.2, 0.25) is 5.91 Å². The Kier molecular flexibility index (Phi) is 46.3. The highest BCUT2D eigenvalue weighted by Crippen LogP contribution is 2.33. The van der Waals surface area contributed by atoms with Gasteiger partial charge in [-0.2, -0.15) is 0 Å². The molecule has 12 N–H and O–H groups in total. The maximum Gasteiger partial charge on any atom is 0.220 e. The molecule has 0 aliphatic carbocycles. The second-order valence-electron chi connectivity index (χ2n) is 25.7. The summed E-state index contributed by atoms with van der Waals surface area (Å²) in [6.45, 7) is 1.82. The van der Waals surface area contributed by atoms with Crippen LogP contribution in [0.15, 0.2) is 0 Å². The largest absolute Gasteiger partial charge is 0.394 e. The van der Waals surface area contributed by atoms with E-state index < -0.39 is 124 Å². The van der Waals surface area contributed by atoms with Gasteiger partial charge in [0, 0.05) is 6.42 Å². The summed E-state index contributed by atoms with van der Waals surface area (Å²) in [5, 5.41) is 121. The molecular weight excluding hydrogens is 1110 g/mol. The smallest absolute Gasteiger partial charge is 0.220 e. The summed E-state index contributed by atoms with van der Waals surface area (Å²) in [6, 6.07) is -0.881. The third kappa shape index (κ3) is 32.4. The normalized spacial score (nSPS) is 28.7. The maximum atomic E-state index is 13.4. The van der Waals surface area contributed by atoms with Crippen molar-refractivity contribution in [3.63, 3.8) is 0 Å². The number of nitrogens with one attached hydrogen (secondary N) is 1. The van der Waals surface area contributed by atoms with Crippen LogP contribution in [-0.4, -0.2) is 193 Å². The molecule has 0 radical (unpaired) electrons. The van der Waals surface area contributed by atoms with Crippen LogP contribution in [0.1, 0.15) is 290 Å². The Labute approximate surface area is 519 Å². The van der Waals surface area contributed by atoms with Crippen LogP contribution in [0.25, 0.3) is 0 Å². The number of hydrogen-bond donors (Lipinski definition) is 12. The molecular formula is C67H129NO18. The molecule has 3 aliphatic rings. The fourth-order valence-electron chi connectivity index (χ4n) is 12.4. The van der Waals surface area contributed by atoms with Crippen LogP contribution in [0.3, 0.4) is 0 Å². The molecule has 3 aliphatic heterocycles. The van der Waals surface area contributed by atoms with Crippen molar-refractivity contribution in [1.29, 1.82) is 0 Å². The van der Waals surface area contributed by atoms with Crippen molar-refractivity contribution in [2.24, 2.45) is 0 Å². The molecule has 3 saturated heterocycles. The summed E-state index contributed by atoms with van der Waals surface area (Å²) in [6.07, 6.45) is 26.3. The van der Waals surface area contributed by atoms with E-state index in [4.69, 9.17) is 28.4 Å². The molecule has 17 unspecified atom stereocenters. The number of aliphatic hydroxyl groups excluding tert-OH is 11. The zero-order chi connectivity index (χ0) is 62.6. The predicted molar refractivity (Wildman–Crippen MR) is 333 cm³/mol. The van der Waals surface area contributed by atoms with Gasteiger partial charge in [0.15, 0.2) is 18.9 Å².